The van der Waals surface area contributed by atoms with E-state index in [-0.39, 0.29) is 0 Å². The highest BCUT2D eigenvalue weighted by atomic mass is 16.5. The Morgan fingerprint density at radius 3 is 2.83 bits per heavy atom. The van der Waals surface area contributed by atoms with Crippen LogP contribution in [-0.4, -0.2) is 48.3 Å². The largest absolute Gasteiger partial charge is 0.383 e. The van der Waals surface area contributed by atoms with Gasteiger partial charge in [0, 0.05) is 39.1 Å². The van der Waals surface area contributed by atoms with Crippen molar-refractivity contribution in [3.63, 3.8) is 0 Å². The normalized spacial score (nSPS) is 10.8. The zero-order valence-electron chi connectivity index (χ0n) is 10.4. The molecule has 0 amide bonds. The number of aromatic nitrogens is 3. The molecule has 2 heterocycles. The van der Waals surface area contributed by atoms with Gasteiger partial charge >= 0.3 is 0 Å². The SMILES string of the molecule is COCCN(CCN)c1ccc2nccnc2n1. The zero-order chi connectivity index (χ0) is 12.8. The maximum atomic E-state index is 5.61. The molecule has 2 aromatic rings. The lowest BCUT2D eigenvalue weighted by Gasteiger charge is -2.22. The predicted molar refractivity (Wildman–Crippen MR) is 70.5 cm³/mol. The monoisotopic (exact) mass is 247 g/mol. The van der Waals surface area contributed by atoms with Gasteiger partial charge in [0.05, 0.1) is 6.61 Å². The quantitative estimate of drug-likeness (QED) is 0.798. The molecule has 0 bridgehead atoms. The highest BCUT2D eigenvalue weighted by Gasteiger charge is 2.08. The number of methoxy groups -OCH3 is 1. The average Bonchev–Trinajstić information content (AvgIpc) is 2.43. The van der Waals surface area contributed by atoms with Gasteiger partial charge in [-0.3, -0.25) is 4.98 Å². The minimum absolute atomic E-state index is 0.573. The first-order valence-electron chi connectivity index (χ1n) is 5.87. The molecule has 96 valence electrons. The predicted octanol–water partition coefficient (Wildman–Crippen LogP) is 0.436. The topological polar surface area (TPSA) is 77.2 Å². The fraction of sp³-hybridized carbons (Fsp3) is 0.417. The molecule has 2 aromatic heterocycles. The van der Waals surface area contributed by atoms with Crippen molar-refractivity contribution in [1.82, 2.24) is 15.0 Å². The Hall–Kier alpha value is -1.79. The molecule has 0 fully saturated rings. The first-order chi connectivity index (χ1) is 8.85. The van der Waals surface area contributed by atoms with Crippen molar-refractivity contribution in [3.05, 3.63) is 24.5 Å². The van der Waals surface area contributed by atoms with Crippen LogP contribution >= 0.6 is 0 Å². The van der Waals surface area contributed by atoms with Crippen LogP contribution in [0.4, 0.5) is 5.82 Å². The van der Waals surface area contributed by atoms with Gasteiger partial charge in [0.2, 0.25) is 0 Å². The van der Waals surface area contributed by atoms with Gasteiger partial charge in [-0.15, -0.1) is 0 Å². The molecule has 2 rings (SSSR count). The molecule has 2 N–H and O–H groups in total. The van der Waals surface area contributed by atoms with Crippen molar-refractivity contribution in [1.29, 1.82) is 0 Å². The summed E-state index contributed by atoms with van der Waals surface area (Å²) in [7, 11) is 1.68. The lowest BCUT2D eigenvalue weighted by atomic mass is 10.3. The smallest absolute Gasteiger partial charge is 0.180 e. The van der Waals surface area contributed by atoms with E-state index in [9.17, 15) is 0 Å². The Morgan fingerprint density at radius 1 is 1.22 bits per heavy atom. The Balaban J connectivity index is 2.25. The van der Waals surface area contributed by atoms with Gasteiger partial charge in [0.25, 0.3) is 0 Å². The number of ether oxygens (including phenoxy) is 1. The van der Waals surface area contributed by atoms with E-state index in [0.717, 1.165) is 24.4 Å². The number of hydrogen-bond donors (Lipinski definition) is 1. The minimum Gasteiger partial charge on any atom is -0.383 e. The van der Waals surface area contributed by atoms with Crippen LogP contribution in [0.3, 0.4) is 0 Å². The van der Waals surface area contributed by atoms with Crippen molar-refractivity contribution >= 4 is 17.0 Å². The molecule has 18 heavy (non-hydrogen) atoms. The van der Waals surface area contributed by atoms with Crippen molar-refractivity contribution in [2.45, 2.75) is 0 Å². The molecule has 0 aliphatic heterocycles. The van der Waals surface area contributed by atoms with Crippen molar-refractivity contribution in [3.8, 4) is 0 Å². The van der Waals surface area contributed by atoms with E-state index in [1.807, 2.05) is 12.1 Å². The van der Waals surface area contributed by atoms with Gasteiger partial charge in [-0.05, 0) is 12.1 Å². The summed E-state index contributed by atoms with van der Waals surface area (Å²) in [6.07, 6.45) is 3.30. The number of anilines is 1. The van der Waals surface area contributed by atoms with Gasteiger partial charge < -0.3 is 15.4 Å². The minimum atomic E-state index is 0.573. The van der Waals surface area contributed by atoms with Crippen LogP contribution in [0.15, 0.2) is 24.5 Å². The van der Waals surface area contributed by atoms with Gasteiger partial charge in [-0.25, -0.2) is 9.97 Å². The first-order valence-corrected chi connectivity index (χ1v) is 5.87. The van der Waals surface area contributed by atoms with Crippen molar-refractivity contribution in [2.24, 2.45) is 5.73 Å². The van der Waals surface area contributed by atoms with Gasteiger partial charge in [-0.1, -0.05) is 0 Å². The summed E-state index contributed by atoms with van der Waals surface area (Å²) < 4.78 is 5.09. The Bertz CT molecular complexity index is 505. The van der Waals surface area contributed by atoms with E-state index in [1.54, 1.807) is 19.5 Å². The van der Waals surface area contributed by atoms with Crippen LogP contribution in [0.25, 0.3) is 11.2 Å². The maximum Gasteiger partial charge on any atom is 0.180 e. The Kier molecular flexibility index (Phi) is 4.38. The van der Waals surface area contributed by atoms with Gasteiger partial charge in [0.15, 0.2) is 5.65 Å². The first kappa shape index (κ1) is 12.7. The molecule has 0 aliphatic rings. The van der Waals surface area contributed by atoms with Crippen LogP contribution in [0.1, 0.15) is 0 Å². The summed E-state index contributed by atoms with van der Waals surface area (Å²) >= 11 is 0. The Labute approximate surface area is 106 Å². The molecular formula is C12H17N5O. The third kappa shape index (κ3) is 2.91. The van der Waals surface area contributed by atoms with E-state index in [4.69, 9.17) is 10.5 Å². The molecule has 6 nitrogen and oxygen atoms in total. The van der Waals surface area contributed by atoms with Gasteiger partial charge in [-0.2, -0.15) is 0 Å². The lowest BCUT2D eigenvalue weighted by molar-refractivity contribution is 0.205. The van der Waals surface area contributed by atoms with Gasteiger partial charge in [0.1, 0.15) is 11.3 Å². The highest BCUT2D eigenvalue weighted by molar-refractivity contribution is 5.71. The Morgan fingerprint density at radius 2 is 2.06 bits per heavy atom. The van der Waals surface area contributed by atoms with E-state index in [1.165, 1.54) is 0 Å². The van der Waals surface area contributed by atoms with Crippen LogP contribution < -0.4 is 10.6 Å². The van der Waals surface area contributed by atoms with Crippen LogP contribution in [0.5, 0.6) is 0 Å². The zero-order valence-corrected chi connectivity index (χ0v) is 10.4. The van der Waals surface area contributed by atoms with Crippen molar-refractivity contribution in [2.75, 3.05) is 38.3 Å². The van der Waals surface area contributed by atoms with E-state index < -0.39 is 0 Å². The fourth-order valence-electron chi connectivity index (χ4n) is 1.72. The third-order valence-corrected chi connectivity index (χ3v) is 2.61. The third-order valence-electron chi connectivity index (χ3n) is 2.61. The second-order valence-corrected chi connectivity index (χ2v) is 3.84. The highest BCUT2D eigenvalue weighted by Crippen LogP contribution is 2.14. The molecule has 6 heteroatoms. The molecule has 0 aliphatic carbocycles. The second kappa shape index (κ2) is 6.23. The molecule has 0 unspecified atom stereocenters. The molecule has 0 aromatic carbocycles. The summed E-state index contributed by atoms with van der Waals surface area (Å²) in [6.45, 7) is 2.71. The average molecular weight is 247 g/mol. The standard InChI is InChI=1S/C12H17N5O/c1-18-9-8-17(7-4-13)11-3-2-10-12(16-11)15-6-5-14-10/h2-3,5-6H,4,7-9,13H2,1H3. The molecule has 0 saturated carbocycles. The number of fused-ring (bicyclic) bond motifs is 1. The summed E-state index contributed by atoms with van der Waals surface area (Å²) in [5.41, 5.74) is 7.05. The maximum absolute atomic E-state index is 5.61. The van der Waals surface area contributed by atoms with Crippen LogP contribution in [-0.2, 0) is 4.74 Å². The molecule has 0 atom stereocenters. The molecular weight excluding hydrogens is 230 g/mol. The number of rotatable bonds is 6. The lowest BCUT2D eigenvalue weighted by Crippen LogP contribution is -2.33. The second-order valence-electron chi connectivity index (χ2n) is 3.84. The molecule has 0 radical (unpaired) electrons. The fourth-order valence-corrected chi connectivity index (χ4v) is 1.72. The number of nitrogens with two attached hydrogens (primary N) is 1. The summed E-state index contributed by atoms with van der Waals surface area (Å²) in [5.74, 6) is 0.852. The van der Waals surface area contributed by atoms with E-state index >= 15 is 0 Å². The van der Waals surface area contributed by atoms with E-state index in [2.05, 4.69) is 19.9 Å². The molecule has 0 spiro atoms. The molecule has 0 saturated heterocycles. The van der Waals surface area contributed by atoms with Crippen LogP contribution in [0.2, 0.25) is 0 Å². The number of pyridine rings is 1. The van der Waals surface area contributed by atoms with E-state index in [0.29, 0.717) is 18.8 Å². The summed E-state index contributed by atoms with van der Waals surface area (Å²) in [6, 6.07) is 3.85. The number of nitrogens with zero attached hydrogens (tertiary/aromatic N) is 4. The summed E-state index contributed by atoms with van der Waals surface area (Å²) in [5, 5.41) is 0. The van der Waals surface area contributed by atoms with Crippen LogP contribution in [0, 0.1) is 0 Å². The van der Waals surface area contributed by atoms with Crippen molar-refractivity contribution < 1.29 is 4.74 Å². The number of hydrogen-bond acceptors (Lipinski definition) is 6. The summed E-state index contributed by atoms with van der Waals surface area (Å²) in [4.78, 5) is 15.0.